The van der Waals surface area contributed by atoms with Crippen LogP contribution in [0, 0.1) is 0 Å². The van der Waals surface area contributed by atoms with Gasteiger partial charge in [0.2, 0.25) is 0 Å². The first-order chi connectivity index (χ1) is 39.0. The topological polar surface area (TPSA) is 78.9 Å². The second-order valence-corrected chi connectivity index (χ2v) is 22.0. The van der Waals surface area contributed by atoms with E-state index >= 15 is 0 Å². The van der Waals surface area contributed by atoms with E-state index in [-0.39, 0.29) is 31.1 Å². The van der Waals surface area contributed by atoms with Crippen molar-refractivity contribution in [1.29, 1.82) is 0 Å². The minimum Gasteiger partial charge on any atom is -0.462 e. The Morgan fingerprint density at radius 3 is 0.823 bits per heavy atom. The van der Waals surface area contributed by atoms with Crippen molar-refractivity contribution in [1.82, 2.24) is 0 Å². The predicted molar refractivity (Wildman–Crippen MR) is 343 cm³/mol. The molecule has 0 radical (unpaired) electrons. The minimum atomic E-state index is -0.800. The van der Waals surface area contributed by atoms with E-state index < -0.39 is 6.10 Å². The molecule has 6 nitrogen and oxygen atoms in total. The second kappa shape index (κ2) is 66.6. The molecular formula is C73H124O6. The molecule has 452 valence electrons. The van der Waals surface area contributed by atoms with Crippen molar-refractivity contribution in [3.05, 3.63) is 109 Å². The number of esters is 3. The summed E-state index contributed by atoms with van der Waals surface area (Å²) in [5.74, 6) is -0.930. The number of hydrogen-bond acceptors (Lipinski definition) is 6. The Labute approximate surface area is 489 Å². The van der Waals surface area contributed by atoms with Crippen LogP contribution in [0.25, 0.3) is 0 Å². The number of ether oxygens (including phenoxy) is 3. The molecule has 0 N–H and O–H groups in total. The molecule has 0 amide bonds. The van der Waals surface area contributed by atoms with Crippen LogP contribution >= 0.6 is 0 Å². The molecule has 0 aliphatic carbocycles. The molecule has 0 aromatic heterocycles. The van der Waals surface area contributed by atoms with Crippen LogP contribution in [0.3, 0.4) is 0 Å². The molecule has 0 saturated heterocycles. The van der Waals surface area contributed by atoms with E-state index in [1.807, 2.05) is 0 Å². The number of carbonyl (C=O) groups excluding carboxylic acids is 3. The number of allylic oxidation sites excluding steroid dienone is 18. The maximum absolute atomic E-state index is 12.9. The van der Waals surface area contributed by atoms with Crippen LogP contribution in [0.2, 0.25) is 0 Å². The molecule has 0 aliphatic heterocycles. The summed E-state index contributed by atoms with van der Waals surface area (Å²) in [6.45, 7) is 6.48. The molecular weight excluding hydrogens is 973 g/mol. The highest BCUT2D eigenvalue weighted by atomic mass is 16.6. The molecule has 79 heavy (non-hydrogen) atoms. The molecule has 0 aromatic rings. The standard InChI is InChI=1S/C73H124O6/c1-4-7-10-13-16-19-22-25-28-30-32-34-36-37-38-40-41-43-45-48-51-54-57-60-63-66-72(75)78-69-70(68-77-71(74)65-62-59-56-53-50-47-27-24-21-18-15-12-9-6-3)79-73(76)67-64-61-58-55-52-49-46-44-42-39-35-33-31-29-26-23-20-17-14-11-8-5-2/h7,10,15-16,18-19,24-25,27-28,32,34,37-38,41,43,48,51,70H,4-6,8-9,11-14,17,20-23,26,29-31,33,35-36,39-40,42,44-47,49-50,52-69H2,1-3H3/b10-7-,18-15-,19-16-,27-24-,28-25-,34-32-,38-37-,43-41-,51-48-. The molecule has 0 heterocycles. The van der Waals surface area contributed by atoms with E-state index in [9.17, 15) is 14.4 Å². The van der Waals surface area contributed by atoms with Gasteiger partial charge in [-0.05, 0) is 103 Å². The third-order valence-corrected chi connectivity index (χ3v) is 14.3. The van der Waals surface area contributed by atoms with Gasteiger partial charge in [-0.3, -0.25) is 14.4 Å². The Kier molecular flexibility index (Phi) is 63.3. The SMILES string of the molecule is CC/C=C\C/C=C\C/C=C\C/C=C\C/C=C\C/C=C\C/C=C\CCCCCC(=O)OCC(COC(=O)CCCCCCC/C=C\C/C=C\CCCC)OC(=O)CCCCCCCCCCCCCCCCCCCCCCCC. The Morgan fingerprint density at radius 1 is 0.266 bits per heavy atom. The van der Waals surface area contributed by atoms with Gasteiger partial charge in [-0.25, -0.2) is 0 Å². The molecule has 6 heteroatoms. The fourth-order valence-electron chi connectivity index (χ4n) is 9.26. The van der Waals surface area contributed by atoms with Crippen molar-refractivity contribution < 1.29 is 28.6 Å². The third-order valence-electron chi connectivity index (χ3n) is 14.3. The molecule has 0 spiro atoms. The van der Waals surface area contributed by atoms with Crippen LogP contribution in [-0.2, 0) is 28.6 Å². The van der Waals surface area contributed by atoms with Crippen molar-refractivity contribution in [2.24, 2.45) is 0 Å². The zero-order chi connectivity index (χ0) is 57.1. The van der Waals surface area contributed by atoms with E-state index in [0.717, 1.165) is 135 Å². The van der Waals surface area contributed by atoms with Crippen LogP contribution in [0.1, 0.15) is 316 Å². The first-order valence-corrected chi connectivity index (χ1v) is 33.4. The second-order valence-electron chi connectivity index (χ2n) is 22.0. The van der Waals surface area contributed by atoms with Gasteiger partial charge in [0.1, 0.15) is 13.2 Å². The van der Waals surface area contributed by atoms with Gasteiger partial charge in [0.05, 0.1) is 0 Å². The minimum absolute atomic E-state index is 0.0950. The van der Waals surface area contributed by atoms with Gasteiger partial charge in [-0.2, -0.15) is 0 Å². The van der Waals surface area contributed by atoms with E-state index in [0.29, 0.717) is 19.3 Å². The van der Waals surface area contributed by atoms with E-state index in [2.05, 4.69) is 130 Å². The number of unbranched alkanes of at least 4 members (excludes halogenated alkanes) is 31. The maximum Gasteiger partial charge on any atom is 0.306 e. The highest BCUT2D eigenvalue weighted by Crippen LogP contribution is 2.17. The van der Waals surface area contributed by atoms with Gasteiger partial charge in [0.25, 0.3) is 0 Å². The summed E-state index contributed by atoms with van der Waals surface area (Å²) in [7, 11) is 0. The average Bonchev–Trinajstić information content (AvgIpc) is 3.45. The summed E-state index contributed by atoms with van der Waals surface area (Å²) >= 11 is 0. The maximum atomic E-state index is 12.9. The Bertz CT molecular complexity index is 1590. The lowest BCUT2D eigenvalue weighted by Crippen LogP contribution is -2.30. The van der Waals surface area contributed by atoms with Crippen LogP contribution < -0.4 is 0 Å². The number of rotatable bonds is 60. The van der Waals surface area contributed by atoms with Crippen molar-refractivity contribution >= 4 is 17.9 Å². The van der Waals surface area contributed by atoms with Crippen LogP contribution in [-0.4, -0.2) is 37.2 Å². The van der Waals surface area contributed by atoms with Gasteiger partial charge in [-0.15, -0.1) is 0 Å². The average molecular weight is 1100 g/mol. The van der Waals surface area contributed by atoms with E-state index in [1.54, 1.807) is 0 Å². The third kappa shape index (κ3) is 64.8. The number of carbonyl (C=O) groups is 3. The molecule has 0 fully saturated rings. The molecule has 1 unspecified atom stereocenters. The molecule has 0 aromatic carbocycles. The monoisotopic (exact) mass is 1100 g/mol. The Hall–Kier alpha value is -3.93. The van der Waals surface area contributed by atoms with Crippen molar-refractivity contribution in [2.75, 3.05) is 13.2 Å². The summed E-state index contributed by atoms with van der Waals surface area (Å²) in [6, 6.07) is 0. The highest BCUT2D eigenvalue weighted by molar-refractivity contribution is 5.71. The van der Waals surface area contributed by atoms with Gasteiger partial charge >= 0.3 is 17.9 Å². The lowest BCUT2D eigenvalue weighted by atomic mass is 10.0. The van der Waals surface area contributed by atoms with Crippen LogP contribution in [0.5, 0.6) is 0 Å². The summed E-state index contributed by atoms with van der Waals surface area (Å²) in [5, 5.41) is 0. The summed E-state index contributed by atoms with van der Waals surface area (Å²) in [5.41, 5.74) is 0. The fourth-order valence-corrected chi connectivity index (χ4v) is 9.26. The highest BCUT2D eigenvalue weighted by Gasteiger charge is 2.19. The van der Waals surface area contributed by atoms with Crippen molar-refractivity contribution in [2.45, 2.75) is 322 Å². The van der Waals surface area contributed by atoms with E-state index in [4.69, 9.17) is 14.2 Å². The summed E-state index contributed by atoms with van der Waals surface area (Å²) in [4.78, 5) is 38.4. The van der Waals surface area contributed by atoms with Crippen LogP contribution in [0.4, 0.5) is 0 Å². The molecule has 1 atom stereocenters. The molecule has 0 bridgehead atoms. The Morgan fingerprint density at radius 2 is 0.506 bits per heavy atom. The summed E-state index contributed by atoms with van der Waals surface area (Å²) < 4.78 is 16.9. The first kappa shape index (κ1) is 75.1. The molecule has 0 aliphatic rings. The van der Waals surface area contributed by atoms with Gasteiger partial charge < -0.3 is 14.2 Å². The van der Waals surface area contributed by atoms with Crippen molar-refractivity contribution in [3.8, 4) is 0 Å². The van der Waals surface area contributed by atoms with Gasteiger partial charge in [0.15, 0.2) is 6.10 Å². The fraction of sp³-hybridized carbons (Fsp3) is 0.712. The lowest BCUT2D eigenvalue weighted by molar-refractivity contribution is -0.167. The van der Waals surface area contributed by atoms with Crippen molar-refractivity contribution in [3.63, 3.8) is 0 Å². The van der Waals surface area contributed by atoms with Gasteiger partial charge in [0, 0.05) is 19.3 Å². The van der Waals surface area contributed by atoms with E-state index in [1.165, 1.54) is 141 Å². The summed E-state index contributed by atoms with van der Waals surface area (Å²) in [6.07, 6.45) is 91.0. The zero-order valence-corrected chi connectivity index (χ0v) is 51.9. The first-order valence-electron chi connectivity index (χ1n) is 33.4. The molecule has 0 rings (SSSR count). The van der Waals surface area contributed by atoms with Gasteiger partial charge in [-0.1, -0.05) is 304 Å². The zero-order valence-electron chi connectivity index (χ0n) is 51.9. The van der Waals surface area contributed by atoms with Crippen LogP contribution in [0.15, 0.2) is 109 Å². The quantitative estimate of drug-likeness (QED) is 0.0261. The largest absolute Gasteiger partial charge is 0.462 e. The Balaban J connectivity index is 4.41. The normalized spacial score (nSPS) is 12.8. The smallest absolute Gasteiger partial charge is 0.306 e. The number of hydrogen-bond donors (Lipinski definition) is 0. The predicted octanol–water partition coefficient (Wildman–Crippen LogP) is 23.0. The lowest BCUT2D eigenvalue weighted by Gasteiger charge is -2.18. The molecule has 0 saturated carbocycles.